The van der Waals surface area contributed by atoms with Gasteiger partial charge in [0.15, 0.2) is 0 Å². The minimum absolute atomic E-state index is 0.194. The van der Waals surface area contributed by atoms with Crippen LogP contribution >= 0.6 is 0 Å². The molecular formula is C11H14F3NO. The fraction of sp³-hybridized carbons (Fsp3) is 0.455. The first kappa shape index (κ1) is 12.8. The molecule has 0 heterocycles. The van der Waals surface area contributed by atoms with E-state index in [9.17, 15) is 13.2 Å². The Balaban J connectivity index is 3.34. The van der Waals surface area contributed by atoms with Crippen molar-refractivity contribution >= 4 is 0 Å². The van der Waals surface area contributed by atoms with Crippen molar-refractivity contribution in [3.63, 3.8) is 0 Å². The zero-order valence-electron chi connectivity index (χ0n) is 9.35. The van der Waals surface area contributed by atoms with Crippen molar-refractivity contribution in [1.29, 1.82) is 0 Å². The Morgan fingerprint density at radius 1 is 1.19 bits per heavy atom. The van der Waals surface area contributed by atoms with Gasteiger partial charge in [-0.25, -0.2) is 0 Å². The van der Waals surface area contributed by atoms with E-state index < -0.39 is 17.3 Å². The number of hydrogen-bond donors (Lipinski definition) is 1. The average Bonchev–Trinajstić information content (AvgIpc) is 2.14. The topological polar surface area (TPSA) is 35.2 Å². The van der Waals surface area contributed by atoms with Crippen LogP contribution in [0.1, 0.15) is 25.0 Å². The summed E-state index contributed by atoms with van der Waals surface area (Å²) in [7, 11) is 1.21. The number of hydrogen-bond acceptors (Lipinski definition) is 2. The first-order valence-electron chi connectivity index (χ1n) is 4.71. The van der Waals surface area contributed by atoms with Crippen LogP contribution in [0.2, 0.25) is 0 Å². The van der Waals surface area contributed by atoms with Crippen LogP contribution in [0.3, 0.4) is 0 Å². The number of benzene rings is 1. The van der Waals surface area contributed by atoms with Crippen LogP contribution in [0.25, 0.3) is 0 Å². The summed E-state index contributed by atoms with van der Waals surface area (Å²) in [4.78, 5) is 0. The minimum Gasteiger partial charge on any atom is -0.496 e. The van der Waals surface area contributed by atoms with Gasteiger partial charge >= 0.3 is 6.18 Å². The lowest BCUT2D eigenvalue weighted by molar-refractivity contribution is -0.138. The molecule has 0 atom stereocenters. The number of rotatable bonds is 2. The van der Waals surface area contributed by atoms with Gasteiger partial charge in [-0.05, 0) is 31.5 Å². The number of ether oxygens (including phenoxy) is 1. The standard InChI is InChI=1S/C11H14F3NO/c1-10(2,15)7-4-5-9(16-3)8(6-7)11(12,13)14/h4-6H,15H2,1-3H3. The van der Waals surface area contributed by atoms with E-state index in [1.54, 1.807) is 13.8 Å². The zero-order chi connectivity index (χ0) is 12.6. The van der Waals surface area contributed by atoms with E-state index in [0.29, 0.717) is 5.56 Å². The monoisotopic (exact) mass is 233 g/mol. The molecule has 0 saturated carbocycles. The summed E-state index contributed by atoms with van der Waals surface area (Å²) in [6.07, 6.45) is -4.44. The number of alkyl halides is 3. The first-order valence-corrected chi connectivity index (χ1v) is 4.71. The second-order valence-electron chi connectivity index (χ2n) is 4.13. The highest BCUT2D eigenvalue weighted by atomic mass is 19.4. The quantitative estimate of drug-likeness (QED) is 0.852. The summed E-state index contributed by atoms with van der Waals surface area (Å²) in [5, 5.41) is 0. The van der Waals surface area contributed by atoms with Gasteiger partial charge in [-0.3, -0.25) is 0 Å². The van der Waals surface area contributed by atoms with E-state index in [4.69, 9.17) is 5.73 Å². The SMILES string of the molecule is COc1ccc(C(C)(C)N)cc1C(F)(F)F. The van der Waals surface area contributed by atoms with Crippen LogP contribution < -0.4 is 10.5 Å². The predicted octanol–water partition coefficient (Wildman–Crippen LogP) is 2.91. The molecule has 2 nitrogen and oxygen atoms in total. The number of halogens is 3. The molecule has 2 N–H and O–H groups in total. The summed E-state index contributed by atoms with van der Waals surface area (Å²) in [5.41, 5.74) is 4.56. The van der Waals surface area contributed by atoms with Gasteiger partial charge in [-0.15, -0.1) is 0 Å². The number of methoxy groups -OCH3 is 1. The Kier molecular flexibility index (Phi) is 3.19. The molecule has 0 spiro atoms. The van der Waals surface area contributed by atoms with Crippen molar-refractivity contribution in [2.75, 3.05) is 7.11 Å². The Labute approximate surface area is 92.2 Å². The zero-order valence-corrected chi connectivity index (χ0v) is 9.35. The van der Waals surface area contributed by atoms with Crippen LogP contribution in [0.15, 0.2) is 18.2 Å². The molecule has 0 aliphatic rings. The lowest BCUT2D eigenvalue weighted by atomic mass is 9.93. The van der Waals surface area contributed by atoms with Crippen molar-refractivity contribution in [3.8, 4) is 5.75 Å². The molecule has 0 fully saturated rings. The van der Waals surface area contributed by atoms with Crippen LogP contribution in [0, 0.1) is 0 Å². The molecule has 0 saturated heterocycles. The molecule has 0 bridgehead atoms. The summed E-state index contributed by atoms with van der Waals surface area (Å²) in [6.45, 7) is 3.30. The van der Waals surface area contributed by atoms with Gasteiger partial charge in [-0.1, -0.05) is 6.07 Å². The molecule has 0 aliphatic carbocycles. The minimum atomic E-state index is -4.44. The largest absolute Gasteiger partial charge is 0.496 e. The first-order chi connectivity index (χ1) is 7.16. The van der Waals surface area contributed by atoms with Gasteiger partial charge in [0.05, 0.1) is 12.7 Å². The number of nitrogens with two attached hydrogens (primary N) is 1. The third-order valence-corrected chi connectivity index (χ3v) is 2.25. The highest BCUT2D eigenvalue weighted by Crippen LogP contribution is 2.37. The molecule has 16 heavy (non-hydrogen) atoms. The lowest BCUT2D eigenvalue weighted by Crippen LogP contribution is -2.29. The van der Waals surface area contributed by atoms with Gasteiger partial charge in [0.1, 0.15) is 5.75 Å². The van der Waals surface area contributed by atoms with Crippen LogP contribution in [0.5, 0.6) is 5.75 Å². The molecule has 5 heteroatoms. The normalized spacial score (nSPS) is 12.7. The van der Waals surface area contributed by atoms with Crippen LogP contribution in [0.4, 0.5) is 13.2 Å². The Bertz CT molecular complexity index is 380. The van der Waals surface area contributed by atoms with Gasteiger partial charge < -0.3 is 10.5 Å². The van der Waals surface area contributed by atoms with Gasteiger partial charge in [0.2, 0.25) is 0 Å². The molecule has 0 aliphatic heterocycles. The van der Waals surface area contributed by atoms with Gasteiger partial charge in [-0.2, -0.15) is 13.2 Å². The maximum absolute atomic E-state index is 12.7. The molecule has 1 rings (SSSR count). The maximum atomic E-state index is 12.7. The molecule has 0 unspecified atom stereocenters. The predicted molar refractivity (Wildman–Crippen MR) is 55.2 cm³/mol. The molecule has 0 amide bonds. The summed E-state index contributed by atoms with van der Waals surface area (Å²) in [6, 6.07) is 3.85. The summed E-state index contributed by atoms with van der Waals surface area (Å²) >= 11 is 0. The molecule has 1 aromatic carbocycles. The highest BCUT2D eigenvalue weighted by molar-refractivity contribution is 5.41. The second kappa shape index (κ2) is 3.97. The molecule has 1 aromatic rings. The molecular weight excluding hydrogens is 219 g/mol. The second-order valence-corrected chi connectivity index (χ2v) is 4.13. The van der Waals surface area contributed by atoms with Crippen molar-refractivity contribution < 1.29 is 17.9 Å². The van der Waals surface area contributed by atoms with E-state index in [2.05, 4.69) is 4.74 Å². The fourth-order valence-electron chi connectivity index (χ4n) is 1.33. The van der Waals surface area contributed by atoms with E-state index in [1.807, 2.05) is 0 Å². The molecule has 90 valence electrons. The van der Waals surface area contributed by atoms with Crippen molar-refractivity contribution in [1.82, 2.24) is 0 Å². The van der Waals surface area contributed by atoms with E-state index in [0.717, 1.165) is 6.07 Å². The van der Waals surface area contributed by atoms with Gasteiger partial charge in [0.25, 0.3) is 0 Å². The Morgan fingerprint density at radius 2 is 1.75 bits per heavy atom. The highest BCUT2D eigenvalue weighted by Gasteiger charge is 2.35. The van der Waals surface area contributed by atoms with E-state index in [-0.39, 0.29) is 5.75 Å². The van der Waals surface area contributed by atoms with Gasteiger partial charge in [0, 0.05) is 5.54 Å². The Morgan fingerprint density at radius 3 is 2.12 bits per heavy atom. The fourth-order valence-corrected chi connectivity index (χ4v) is 1.33. The van der Waals surface area contributed by atoms with Crippen LogP contribution in [-0.2, 0) is 11.7 Å². The average molecular weight is 233 g/mol. The van der Waals surface area contributed by atoms with E-state index in [1.165, 1.54) is 19.2 Å². The molecule has 0 radical (unpaired) electrons. The maximum Gasteiger partial charge on any atom is 0.419 e. The third-order valence-electron chi connectivity index (χ3n) is 2.25. The van der Waals surface area contributed by atoms with Crippen molar-refractivity contribution in [3.05, 3.63) is 29.3 Å². The Hall–Kier alpha value is -1.23. The third kappa shape index (κ3) is 2.66. The summed E-state index contributed by atoms with van der Waals surface area (Å²) in [5.74, 6) is -0.194. The van der Waals surface area contributed by atoms with Crippen molar-refractivity contribution in [2.24, 2.45) is 5.73 Å². The molecule has 0 aromatic heterocycles. The lowest BCUT2D eigenvalue weighted by Gasteiger charge is -2.21. The van der Waals surface area contributed by atoms with Crippen LogP contribution in [-0.4, -0.2) is 7.11 Å². The smallest absolute Gasteiger partial charge is 0.419 e. The van der Waals surface area contributed by atoms with E-state index >= 15 is 0 Å². The summed E-state index contributed by atoms with van der Waals surface area (Å²) < 4.78 is 42.7. The van der Waals surface area contributed by atoms with Crippen molar-refractivity contribution in [2.45, 2.75) is 25.6 Å².